The van der Waals surface area contributed by atoms with Crippen molar-refractivity contribution in [2.45, 2.75) is 32.3 Å². The minimum Gasteiger partial charge on any atom is -0.481 e. The Bertz CT molecular complexity index is 682. The molecule has 0 spiro atoms. The number of amides is 1. The first-order valence-corrected chi connectivity index (χ1v) is 7.84. The Kier molecular flexibility index (Phi) is 4.34. The summed E-state index contributed by atoms with van der Waals surface area (Å²) >= 11 is 5.83. The van der Waals surface area contributed by atoms with E-state index in [-0.39, 0.29) is 5.91 Å². The number of hydrogen-bond acceptors (Lipinski definition) is 2. The summed E-state index contributed by atoms with van der Waals surface area (Å²) < 4.78 is 5.76. The van der Waals surface area contributed by atoms with Crippen LogP contribution in [-0.4, -0.2) is 12.0 Å². The molecule has 4 heteroatoms. The molecule has 0 saturated carbocycles. The average molecular weight is 316 g/mol. The van der Waals surface area contributed by atoms with Crippen molar-refractivity contribution in [2.24, 2.45) is 0 Å². The van der Waals surface area contributed by atoms with Gasteiger partial charge in [-0.3, -0.25) is 4.79 Å². The van der Waals surface area contributed by atoms with Gasteiger partial charge in [0, 0.05) is 10.7 Å². The zero-order chi connectivity index (χ0) is 15.5. The van der Waals surface area contributed by atoms with E-state index in [0.717, 1.165) is 18.6 Å². The van der Waals surface area contributed by atoms with Crippen molar-refractivity contribution in [2.75, 3.05) is 5.32 Å². The molecule has 3 rings (SSSR count). The molecule has 1 atom stereocenters. The van der Waals surface area contributed by atoms with Crippen molar-refractivity contribution < 1.29 is 9.53 Å². The first-order chi connectivity index (χ1) is 10.6. The lowest BCUT2D eigenvalue weighted by Gasteiger charge is -2.15. The number of aryl methyl sites for hydroxylation is 2. The van der Waals surface area contributed by atoms with Crippen LogP contribution in [0.3, 0.4) is 0 Å². The first kappa shape index (κ1) is 14.9. The predicted octanol–water partition coefficient (Wildman–Crippen LogP) is 4.23. The molecule has 0 unspecified atom stereocenters. The summed E-state index contributed by atoms with van der Waals surface area (Å²) in [6, 6.07) is 13.1. The molecule has 0 radical (unpaired) electrons. The van der Waals surface area contributed by atoms with Gasteiger partial charge in [-0.25, -0.2) is 0 Å². The molecule has 0 saturated heterocycles. The highest BCUT2D eigenvalue weighted by Crippen LogP contribution is 2.26. The Labute approximate surface area is 135 Å². The van der Waals surface area contributed by atoms with Crippen LogP contribution in [0.15, 0.2) is 42.5 Å². The van der Waals surface area contributed by atoms with Gasteiger partial charge < -0.3 is 10.1 Å². The Morgan fingerprint density at radius 3 is 2.64 bits per heavy atom. The summed E-state index contributed by atoms with van der Waals surface area (Å²) in [4.78, 5) is 12.2. The monoisotopic (exact) mass is 315 g/mol. The van der Waals surface area contributed by atoms with Crippen LogP contribution in [0.1, 0.15) is 24.5 Å². The summed E-state index contributed by atoms with van der Waals surface area (Å²) in [7, 11) is 0. The summed E-state index contributed by atoms with van der Waals surface area (Å²) in [6.07, 6.45) is 2.88. The molecule has 1 aliphatic rings. The zero-order valence-electron chi connectivity index (χ0n) is 12.4. The molecule has 114 valence electrons. The van der Waals surface area contributed by atoms with Crippen LogP contribution in [0.5, 0.6) is 5.75 Å². The van der Waals surface area contributed by atoms with E-state index < -0.39 is 6.10 Å². The highest BCUT2D eigenvalue weighted by molar-refractivity contribution is 6.30. The van der Waals surface area contributed by atoms with Gasteiger partial charge in [-0.15, -0.1) is 0 Å². The summed E-state index contributed by atoms with van der Waals surface area (Å²) in [5.41, 5.74) is 3.44. The third-order valence-electron chi connectivity index (χ3n) is 3.86. The summed E-state index contributed by atoms with van der Waals surface area (Å²) in [6.45, 7) is 1.75. The van der Waals surface area contributed by atoms with Crippen molar-refractivity contribution in [3.05, 3.63) is 58.6 Å². The quantitative estimate of drug-likeness (QED) is 0.916. The molecule has 0 heterocycles. The molecule has 0 fully saturated rings. The third-order valence-corrected chi connectivity index (χ3v) is 4.12. The van der Waals surface area contributed by atoms with Gasteiger partial charge in [0.25, 0.3) is 5.91 Å². The van der Waals surface area contributed by atoms with Gasteiger partial charge in [0.05, 0.1) is 0 Å². The second-order valence-electron chi connectivity index (χ2n) is 5.54. The number of carbonyl (C=O) groups excluding carboxylic acids is 1. The van der Waals surface area contributed by atoms with E-state index in [9.17, 15) is 4.79 Å². The summed E-state index contributed by atoms with van der Waals surface area (Å²) in [5, 5.41) is 3.46. The van der Waals surface area contributed by atoms with Gasteiger partial charge in [0.2, 0.25) is 0 Å². The van der Waals surface area contributed by atoms with E-state index in [2.05, 4.69) is 17.4 Å². The SMILES string of the molecule is C[C@@H](Oc1ccc2c(c1)CCC2)C(=O)Nc1ccc(Cl)cc1. The lowest BCUT2D eigenvalue weighted by molar-refractivity contribution is -0.122. The number of fused-ring (bicyclic) bond motifs is 1. The van der Waals surface area contributed by atoms with Crippen molar-refractivity contribution >= 4 is 23.2 Å². The molecule has 1 aliphatic carbocycles. The van der Waals surface area contributed by atoms with E-state index in [0.29, 0.717) is 10.7 Å². The topological polar surface area (TPSA) is 38.3 Å². The van der Waals surface area contributed by atoms with Crippen molar-refractivity contribution in [1.82, 2.24) is 0 Å². The van der Waals surface area contributed by atoms with Crippen LogP contribution in [0.2, 0.25) is 5.02 Å². The Hall–Kier alpha value is -2.00. The number of benzene rings is 2. The van der Waals surface area contributed by atoms with Crippen molar-refractivity contribution in [3.63, 3.8) is 0 Å². The lowest BCUT2D eigenvalue weighted by atomic mass is 10.1. The number of ether oxygens (including phenoxy) is 1. The molecule has 3 nitrogen and oxygen atoms in total. The number of rotatable bonds is 4. The molecular formula is C18H18ClNO2. The fourth-order valence-corrected chi connectivity index (χ4v) is 2.78. The van der Waals surface area contributed by atoms with E-state index in [4.69, 9.17) is 16.3 Å². The molecule has 0 bridgehead atoms. The Morgan fingerprint density at radius 1 is 1.14 bits per heavy atom. The van der Waals surface area contributed by atoms with Crippen molar-refractivity contribution in [3.8, 4) is 5.75 Å². The lowest BCUT2D eigenvalue weighted by Crippen LogP contribution is -2.30. The second-order valence-corrected chi connectivity index (χ2v) is 5.98. The highest BCUT2D eigenvalue weighted by atomic mass is 35.5. The second kappa shape index (κ2) is 6.41. The molecule has 0 aromatic heterocycles. The molecule has 0 aliphatic heterocycles. The molecule has 2 aromatic carbocycles. The fourth-order valence-electron chi connectivity index (χ4n) is 2.66. The third kappa shape index (κ3) is 3.42. The van der Waals surface area contributed by atoms with Gasteiger partial charge in [-0.1, -0.05) is 17.7 Å². The minimum absolute atomic E-state index is 0.178. The normalized spacial score (nSPS) is 14.3. The van der Waals surface area contributed by atoms with E-state index >= 15 is 0 Å². The Balaban J connectivity index is 1.62. The number of nitrogens with one attached hydrogen (secondary N) is 1. The fraction of sp³-hybridized carbons (Fsp3) is 0.278. The number of anilines is 1. The van der Waals surface area contributed by atoms with Crippen LogP contribution in [-0.2, 0) is 17.6 Å². The smallest absolute Gasteiger partial charge is 0.265 e. The van der Waals surface area contributed by atoms with Gasteiger partial charge in [0.1, 0.15) is 5.75 Å². The molecule has 2 aromatic rings. The predicted molar refractivity (Wildman–Crippen MR) is 88.6 cm³/mol. The van der Waals surface area contributed by atoms with Crippen molar-refractivity contribution in [1.29, 1.82) is 0 Å². The number of carbonyl (C=O) groups is 1. The standard InChI is InChI=1S/C18H18ClNO2/c1-12(18(21)20-16-8-6-15(19)7-9-16)22-17-10-5-13-3-2-4-14(13)11-17/h5-12H,2-4H2,1H3,(H,20,21)/t12-/m1/s1. The van der Waals surface area contributed by atoms with Crippen LogP contribution in [0.25, 0.3) is 0 Å². The van der Waals surface area contributed by atoms with E-state index in [1.54, 1.807) is 31.2 Å². The van der Waals surface area contributed by atoms with E-state index in [1.165, 1.54) is 17.5 Å². The molecular weight excluding hydrogens is 298 g/mol. The molecule has 22 heavy (non-hydrogen) atoms. The first-order valence-electron chi connectivity index (χ1n) is 7.47. The Morgan fingerprint density at radius 2 is 1.86 bits per heavy atom. The minimum atomic E-state index is -0.560. The van der Waals surface area contributed by atoms with Crippen LogP contribution in [0.4, 0.5) is 5.69 Å². The maximum Gasteiger partial charge on any atom is 0.265 e. The maximum atomic E-state index is 12.2. The van der Waals surface area contributed by atoms with Gasteiger partial charge in [-0.05, 0) is 73.7 Å². The van der Waals surface area contributed by atoms with Gasteiger partial charge in [0.15, 0.2) is 6.10 Å². The average Bonchev–Trinajstić information content (AvgIpc) is 2.97. The maximum absolute atomic E-state index is 12.2. The van der Waals surface area contributed by atoms with Gasteiger partial charge in [-0.2, -0.15) is 0 Å². The highest BCUT2D eigenvalue weighted by Gasteiger charge is 2.17. The van der Waals surface area contributed by atoms with E-state index in [1.807, 2.05) is 6.07 Å². The zero-order valence-corrected chi connectivity index (χ0v) is 13.2. The number of halogens is 1. The molecule has 1 amide bonds. The summed E-state index contributed by atoms with van der Waals surface area (Å²) in [5.74, 6) is 0.572. The molecule has 1 N–H and O–H groups in total. The van der Waals surface area contributed by atoms with Crippen LogP contribution < -0.4 is 10.1 Å². The van der Waals surface area contributed by atoms with Gasteiger partial charge >= 0.3 is 0 Å². The van der Waals surface area contributed by atoms with Crippen LogP contribution >= 0.6 is 11.6 Å². The number of hydrogen-bond donors (Lipinski definition) is 1. The largest absolute Gasteiger partial charge is 0.481 e. The van der Waals surface area contributed by atoms with Crippen LogP contribution in [0, 0.1) is 0 Å².